The number of carbonyl (C=O) groups excluding carboxylic acids is 1. The minimum Gasteiger partial charge on any atom is -0.497 e. The molecule has 1 amide bonds. The van der Waals surface area contributed by atoms with E-state index in [4.69, 9.17) is 4.74 Å². The Labute approximate surface area is 228 Å². The highest BCUT2D eigenvalue weighted by molar-refractivity contribution is 7.89. The van der Waals surface area contributed by atoms with Gasteiger partial charge in [-0.1, -0.05) is 31.5 Å². The molecule has 10 heteroatoms. The molecule has 0 radical (unpaired) electrons. The molecule has 4 rings (SSSR count). The van der Waals surface area contributed by atoms with Gasteiger partial charge >= 0.3 is 0 Å². The topological polar surface area (TPSA) is 93.5 Å². The van der Waals surface area contributed by atoms with Crippen LogP contribution >= 0.6 is 0 Å². The predicted octanol–water partition coefficient (Wildman–Crippen LogP) is 5.28. The zero-order valence-corrected chi connectivity index (χ0v) is 23.1. The van der Waals surface area contributed by atoms with Crippen LogP contribution in [0.4, 0.5) is 10.3 Å². The summed E-state index contributed by atoms with van der Waals surface area (Å²) in [5.41, 5.74) is 2.84. The molecular formula is C29H31FN4O4S. The molecule has 1 aromatic heterocycles. The van der Waals surface area contributed by atoms with Crippen LogP contribution in [0.3, 0.4) is 0 Å². The number of carbonyl (C=O) groups is 1. The van der Waals surface area contributed by atoms with Crippen molar-refractivity contribution >= 4 is 21.9 Å². The molecule has 0 atom stereocenters. The number of ether oxygens (including phenoxy) is 1. The van der Waals surface area contributed by atoms with E-state index in [1.54, 1.807) is 54.3 Å². The molecule has 8 nitrogen and oxygen atoms in total. The fourth-order valence-electron chi connectivity index (χ4n) is 4.01. The van der Waals surface area contributed by atoms with Gasteiger partial charge in [-0.2, -0.15) is 4.31 Å². The first-order valence-corrected chi connectivity index (χ1v) is 13.9. The van der Waals surface area contributed by atoms with Gasteiger partial charge < -0.3 is 4.74 Å². The van der Waals surface area contributed by atoms with E-state index in [9.17, 15) is 17.6 Å². The Morgan fingerprint density at radius 1 is 1.03 bits per heavy atom. The van der Waals surface area contributed by atoms with Crippen molar-refractivity contribution in [2.24, 2.45) is 5.92 Å². The summed E-state index contributed by atoms with van der Waals surface area (Å²) in [6.45, 7) is 5.41. The zero-order chi connectivity index (χ0) is 28.2. The third kappa shape index (κ3) is 6.71. The number of hydrogen-bond donors (Lipinski definition) is 1. The van der Waals surface area contributed by atoms with Crippen molar-refractivity contribution in [3.05, 3.63) is 90.4 Å². The van der Waals surface area contributed by atoms with E-state index in [1.165, 1.54) is 28.6 Å². The van der Waals surface area contributed by atoms with Crippen molar-refractivity contribution in [1.29, 1.82) is 0 Å². The number of halogens is 1. The molecule has 39 heavy (non-hydrogen) atoms. The number of methoxy groups -OCH3 is 1. The van der Waals surface area contributed by atoms with Gasteiger partial charge in [-0.05, 0) is 73.5 Å². The van der Waals surface area contributed by atoms with Crippen LogP contribution < -0.4 is 10.1 Å². The van der Waals surface area contributed by atoms with Crippen molar-refractivity contribution in [2.75, 3.05) is 25.5 Å². The molecule has 0 saturated carbocycles. The van der Waals surface area contributed by atoms with E-state index >= 15 is 0 Å². The second kappa shape index (κ2) is 11.8. The fraction of sp³-hybridized carbons (Fsp3) is 0.241. The van der Waals surface area contributed by atoms with Gasteiger partial charge in [-0.25, -0.2) is 17.8 Å². The quantitative estimate of drug-likeness (QED) is 0.290. The molecular weight excluding hydrogens is 519 g/mol. The van der Waals surface area contributed by atoms with Crippen LogP contribution in [0.15, 0.2) is 83.9 Å². The lowest BCUT2D eigenvalue weighted by molar-refractivity contribution is -0.116. The number of nitrogens with one attached hydrogen (secondary N) is 1. The average molecular weight is 551 g/mol. The van der Waals surface area contributed by atoms with Gasteiger partial charge in [-0.15, -0.1) is 0 Å². The molecule has 0 aliphatic heterocycles. The summed E-state index contributed by atoms with van der Waals surface area (Å²) in [6.07, 6.45) is 1.72. The first-order valence-electron chi connectivity index (χ1n) is 12.4. The van der Waals surface area contributed by atoms with Crippen LogP contribution in [0.5, 0.6) is 5.75 Å². The Hall–Kier alpha value is -4.02. The summed E-state index contributed by atoms with van der Waals surface area (Å²) in [4.78, 5) is 18.0. The summed E-state index contributed by atoms with van der Waals surface area (Å²) >= 11 is 0. The van der Waals surface area contributed by atoms with E-state index < -0.39 is 28.3 Å². The van der Waals surface area contributed by atoms with E-state index in [0.29, 0.717) is 17.1 Å². The highest BCUT2D eigenvalue weighted by atomic mass is 32.2. The smallest absolute Gasteiger partial charge is 0.243 e. The standard InChI is InChI=1S/C29H31FN4O4S/c1-20(2)17-33(39(36,37)26-15-5-21(3)6-16-26)19-28(35)32-29-31-27(22-7-13-25(38-4)14-8-22)18-34(29)24-11-9-23(30)10-12-24/h5-16,18,20H,17,19H2,1-4H3,(H,31,32,35). The zero-order valence-electron chi connectivity index (χ0n) is 22.3. The van der Waals surface area contributed by atoms with Crippen LogP contribution in [0, 0.1) is 18.7 Å². The number of amides is 1. The third-order valence-electron chi connectivity index (χ3n) is 6.00. The monoisotopic (exact) mass is 550 g/mol. The van der Waals surface area contributed by atoms with Crippen molar-refractivity contribution in [3.8, 4) is 22.7 Å². The summed E-state index contributed by atoms with van der Waals surface area (Å²) in [7, 11) is -2.34. The highest BCUT2D eigenvalue weighted by Gasteiger charge is 2.28. The lowest BCUT2D eigenvalue weighted by Crippen LogP contribution is -2.40. The van der Waals surface area contributed by atoms with Crippen molar-refractivity contribution in [1.82, 2.24) is 13.9 Å². The Kier molecular flexibility index (Phi) is 8.47. The summed E-state index contributed by atoms with van der Waals surface area (Å²) in [6, 6.07) is 19.5. The summed E-state index contributed by atoms with van der Waals surface area (Å²) in [5.74, 6) is -0.104. The second-order valence-electron chi connectivity index (χ2n) is 9.58. The van der Waals surface area contributed by atoms with E-state index in [2.05, 4.69) is 10.3 Å². The Bertz CT molecular complexity index is 1530. The first-order chi connectivity index (χ1) is 18.6. The molecule has 0 fully saturated rings. The Morgan fingerprint density at radius 2 is 1.67 bits per heavy atom. The van der Waals surface area contributed by atoms with Gasteiger partial charge in [0, 0.05) is 24.0 Å². The van der Waals surface area contributed by atoms with Crippen molar-refractivity contribution in [3.63, 3.8) is 0 Å². The number of rotatable bonds is 10. The molecule has 0 bridgehead atoms. The van der Waals surface area contributed by atoms with Gasteiger partial charge in [0.1, 0.15) is 11.6 Å². The largest absolute Gasteiger partial charge is 0.497 e. The van der Waals surface area contributed by atoms with Gasteiger partial charge in [0.2, 0.25) is 21.9 Å². The number of imidazole rings is 1. The number of nitrogens with zero attached hydrogens (tertiary/aromatic N) is 3. The minimum atomic E-state index is -3.92. The van der Waals surface area contributed by atoms with E-state index in [1.807, 2.05) is 32.9 Å². The van der Waals surface area contributed by atoms with Crippen molar-refractivity contribution < 1.29 is 22.3 Å². The van der Waals surface area contributed by atoms with Gasteiger partial charge in [0.05, 0.1) is 24.2 Å². The Balaban J connectivity index is 1.65. The third-order valence-corrected chi connectivity index (χ3v) is 7.82. The molecule has 204 valence electrons. The van der Waals surface area contributed by atoms with Crippen molar-refractivity contribution in [2.45, 2.75) is 25.7 Å². The molecule has 0 spiro atoms. The van der Waals surface area contributed by atoms with Crippen LogP contribution in [0.25, 0.3) is 16.9 Å². The molecule has 3 aromatic carbocycles. The van der Waals surface area contributed by atoms with Gasteiger partial charge in [-0.3, -0.25) is 14.7 Å². The molecule has 1 N–H and O–H groups in total. The van der Waals surface area contributed by atoms with Crippen LogP contribution in [-0.4, -0.2) is 48.4 Å². The maximum Gasteiger partial charge on any atom is 0.243 e. The maximum atomic E-state index is 13.6. The number of hydrogen-bond acceptors (Lipinski definition) is 5. The number of sulfonamides is 1. The van der Waals surface area contributed by atoms with E-state index in [0.717, 1.165) is 11.1 Å². The molecule has 1 heterocycles. The van der Waals surface area contributed by atoms with Gasteiger partial charge in [0.25, 0.3) is 0 Å². The van der Waals surface area contributed by atoms with Crippen LogP contribution in [-0.2, 0) is 14.8 Å². The molecule has 0 aliphatic rings. The van der Waals surface area contributed by atoms with E-state index in [-0.39, 0.29) is 23.3 Å². The summed E-state index contributed by atoms with van der Waals surface area (Å²) < 4.78 is 48.4. The molecule has 0 aliphatic carbocycles. The molecule has 4 aromatic rings. The SMILES string of the molecule is COc1ccc(-c2cn(-c3ccc(F)cc3)c(NC(=O)CN(CC(C)C)S(=O)(=O)c3ccc(C)cc3)n2)cc1. The molecule has 0 unspecified atom stereocenters. The highest BCUT2D eigenvalue weighted by Crippen LogP contribution is 2.26. The molecule has 0 saturated heterocycles. The van der Waals surface area contributed by atoms with Crippen LogP contribution in [0.2, 0.25) is 0 Å². The number of aromatic nitrogens is 2. The fourth-order valence-corrected chi connectivity index (χ4v) is 5.57. The minimum absolute atomic E-state index is 0.0131. The predicted molar refractivity (Wildman–Crippen MR) is 149 cm³/mol. The Morgan fingerprint density at radius 3 is 2.26 bits per heavy atom. The summed E-state index contributed by atoms with van der Waals surface area (Å²) in [5, 5.41) is 2.76. The number of aryl methyl sites for hydroxylation is 1. The van der Waals surface area contributed by atoms with Gasteiger partial charge in [0.15, 0.2) is 0 Å². The normalized spacial score (nSPS) is 11.7. The number of anilines is 1. The first kappa shape index (κ1) is 28.0. The average Bonchev–Trinajstić information content (AvgIpc) is 3.32. The second-order valence-corrected chi connectivity index (χ2v) is 11.5. The lowest BCUT2D eigenvalue weighted by atomic mass is 10.1. The van der Waals surface area contributed by atoms with Crippen LogP contribution in [0.1, 0.15) is 19.4 Å². The lowest BCUT2D eigenvalue weighted by Gasteiger charge is -2.23. The maximum absolute atomic E-state index is 13.6. The number of benzene rings is 3.